The maximum atomic E-state index is 14.1. The van der Waals surface area contributed by atoms with Crippen LogP contribution in [0.5, 0.6) is 5.75 Å². The van der Waals surface area contributed by atoms with Gasteiger partial charge in [0.1, 0.15) is 28.1 Å². The molecule has 7 atom stereocenters. The number of methoxy groups -OCH3 is 1. The molecular weight excluding hydrogens is 719 g/mol. The third kappa shape index (κ3) is 10.3. The Morgan fingerprint density at radius 3 is 2.07 bits per heavy atom. The first kappa shape index (κ1) is 43.6. The van der Waals surface area contributed by atoms with Crippen molar-refractivity contribution in [3.63, 3.8) is 0 Å². The van der Waals surface area contributed by atoms with Crippen molar-refractivity contribution in [3.8, 4) is 5.75 Å². The van der Waals surface area contributed by atoms with Crippen LogP contribution in [0.2, 0.25) is 0 Å². The lowest BCUT2D eigenvalue weighted by molar-refractivity contribution is -0.199. The van der Waals surface area contributed by atoms with E-state index in [2.05, 4.69) is 36.7 Å². The highest BCUT2D eigenvalue weighted by atomic mass is 16.7. The van der Waals surface area contributed by atoms with E-state index in [1.807, 2.05) is 31.7 Å². The number of hydrogen-bond acceptors (Lipinski definition) is 11. The van der Waals surface area contributed by atoms with Crippen molar-refractivity contribution in [1.82, 2.24) is 20.9 Å². The molecule has 2 bridgehead atoms. The molecule has 56 heavy (non-hydrogen) atoms. The number of carbonyl (C=O) groups is 4. The molecule has 1 aromatic rings. The zero-order valence-corrected chi connectivity index (χ0v) is 35.8. The number of rotatable bonds is 10. The molecule has 7 unspecified atom stereocenters. The van der Waals surface area contributed by atoms with E-state index in [9.17, 15) is 19.2 Å². The number of esters is 1. The number of para-hydroxylation sites is 1. The molecule has 0 spiro atoms. The number of nitrogens with one attached hydrogen (secondary N) is 3. The van der Waals surface area contributed by atoms with Crippen LogP contribution in [-0.2, 0) is 34.7 Å². The van der Waals surface area contributed by atoms with Crippen LogP contribution in [0.3, 0.4) is 0 Å². The number of likely N-dealkylation sites (tertiary alicyclic amines) is 1. The van der Waals surface area contributed by atoms with Crippen LogP contribution in [0, 0.1) is 17.3 Å². The van der Waals surface area contributed by atoms with Crippen molar-refractivity contribution in [2.45, 2.75) is 155 Å². The predicted octanol–water partition coefficient (Wildman–Crippen LogP) is 5.44. The van der Waals surface area contributed by atoms with E-state index in [-0.39, 0.29) is 42.5 Å². The number of amides is 3. The summed E-state index contributed by atoms with van der Waals surface area (Å²) in [5, 5.41) is 9.03. The molecule has 1 aromatic carbocycles. The summed E-state index contributed by atoms with van der Waals surface area (Å²) in [4.78, 5) is 55.0. The third-order valence-corrected chi connectivity index (χ3v) is 11.5. The molecule has 5 aliphatic rings. The molecule has 3 amide bonds. The first-order valence-corrected chi connectivity index (χ1v) is 20.0. The molecule has 312 valence electrons. The highest BCUT2D eigenvalue weighted by Gasteiger charge is 2.68. The molecule has 2 saturated heterocycles. The summed E-state index contributed by atoms with van der Waals surface area (Å²) in [6.07, 6.45) is 1.32. The normalized spacial score (nSPS) is 27.9. The standard InChI is InChI=1S/C41H65BN4O10/c1-37(2,3)52-34(48)26-16-14-15-24(33(26)51-13)19-31(42-55-30-21-25-20-29(40(25,10)11)41(30,12)56-42)45-32(47)23-46-18-17-27(43-35(49)53-38(4,5)6)28(22-46)44-36(50)54-39(7,8)9/h14-16,25,27-31H,17-23H2,1-13H3,(H,43,49)(H,44,50)(H,45,47). The van der Waals surface area contributed by atoms with Gasteiger partial charge >= 0.3 is 25.3 Å². The Balaban J connectivity index is 1.36. The summed E-state index contributed by atoms with van der Waals surface area (Å²) >= 11 is 0. The zero-order valence-electron chi connectivity index (χ0n) is 35.8. The summed E-state index contributed by atoms with van der Waals surface area (Å²) in [7, 11) is 0.751. The number of nitrogens with zero attached hydrogens (tertiary/aromatic N) is 1. The summed E-state index contributed by atoms with van der Waals surface area (Å²) in [6.45, 7) is 23.6. The number of ether oxygens (including phenoxy) is 4. The molecule has 6 rings (SSSR count). The fraction of sp³-hybridized carbons (Fsp3) is 0.756. The average molecular weight is 785 g/mol. The molecule has 3 saturated carbocycles. The Kier molecular flexibility index (Phi) is 12.4. The first-order valence-electron chi connectivity index (χ1n) is 20.0. The first-order chi connectivity index (χ1) is 25.8. The maximum Gasteiger partial charge on any atom is 0.482 e. The van der Waals surface area contributed by atoms with Gasteiger partial charge in [0.2, 0.25) is 5.91 Å². The molecule has 0 aromatic heterocycles. The van der Waals surface area contributed by atoms with E-state index in [0.29, 0.717) is 36.1 Å². The van der Waals surface area contributed by atoms with Crippen LogP contribution in [-0.4, -0.2) is 109 Å². The van der Waals surface area contributed by atoms with Crippen LogP contribution in [0.15, 0.2) is 18.2 Å². The van der Waals surface area contributed by atoms with Crippen molar-refractivity contribution in [1.29, 1.82) is 0 Å². The van der Waals surface area contributed by atoms with E-state index in [1.165, 1.54) is 7.11 Å². The number of hydrogen-bond donors (Lipinski definition) is 3. The molecule has 0 radical (unpaired) electrons. The minimum Gasteiger partial charge on any atom is -0.496 e. The van der Waals surface area contributed by atoms with Gasteiger partial charge in [0.25, 0.3) is 0 Å². The minimum absolute atomic E-state index is 0.00237. The Morgan fingerprint density at radius 1 is 0.893 bits per heavy atom. The van der Waals surface area contributed by atoms with Gasteiger partial charge in [0.15, 0.2) is 0 Å². The SMILES string of the molecule is COc1c(CC(NC(=O)CN2CCC(NC(=O)OC(C)(C)C)C(NC(=O)OC(C)(C)C)C2)B2OC3CC4CC(C4(C)C)C3(C)O2)cccc1C(=O)OC(C)(C)C. The van der Waals surface area contributed by atoms with E-state index in [4.69, 9.17) is 28.3 Å². The smallest absolute Gasteiger partial charge is 0.482 e. The third-order valence-electron chi connectivity index (χ3n) is 11.5. The van der Waals surface area contributed by atoms with Crippen molar-refractivity contribution in [3.05, 3.63) is 29.3 Å². The Labute approximate surface area is 333 Å². The lowest BCUT2D eigenvalue weighted by atomic mass is 9.43. The molecule has 14 nitrogen and oxygen atoms in total. The second-order valence-electron chi connectivity index (χ2n) is 19.7. The van der Waals surface area contributed by atoms with Gasteiger partial charge in [0.05, 0.1) is 43.4 Å². The van der Waals surface area contributed by atoms with E-state index in [0.717, 1.165) is 12.8 Å². The molecule has 3 aliphatic carbocycles. The maximum absolute atomic E-state index is 14.1. The largest absolute Gasteiger partial charge is 0.496 e. The fourth-order valence-electron chi connectivity index (χ4n) is 8.86. The molecule has 2 heterocycles. The highest BCUT2D eigenvalue weighted by Crippen LogP contribution is 2.65. The molecule has 15 heteroatoms. The average Bonchev–Trinajstić information content (AvgIpc) is 3.40. The van der Waals surface area contributed by atoms with Crippen LogP contribution in [0.25, 0.3) is 0 Å². The van der Waals surface area contributed by atoms with E-state index >= 15 is 0 Å². The topological polar surface area (TPSA) is 163 Å². The second kappa shape index (κ2) is 16.0. The van der Waals surface area contributed by atoms with Crippen molar-refractivity contribution in [2.75, 3.05) is 26.7 Å². The molecule has 2 aliphatic heterocycles. The van der Waals surface area contributed by atoms with Gasteiger partial charge in [-0.1, -0.05) is 26.0 Å². The van der Waals surface area contributed by atoms with Gasteiger partial charge in [-0.3, -0.25) is 9.69 Å². The lowest BCUT2D eigenvalue weighted by Crippen LogP contribution is -2.65. The van der Waals surface area contributed by atoms with Crippen LogP contribution in [0.1, 0.15) is 118 Å². The number of carbonyl (C=O) groups excluding carboxylic acids is 4. The van der Waals surface area contributed by atoms with Crippen molar-refractivity contribution in [2.24, 2.45) is 17.3 Å². The Bertz CT molecular complexity index is 1630. The lowest BCUT2D eigenvalue weighted by Gasteiger charge is -2.64. The van der Waals surface area contributed by atoms with Crippen molar-refractivity contribution < 1.29 is 47.4 Å². The van der Waals surface area contributed by atoms with E-state index < -0.39 is 65.7 Å². The minimum atomic E-state index is -0.760. The van der Waals surface area contributed by atoms with Gasteiger partial charge in [-0.2, -0.15) is 0 Å². The highest BCUT2D eigenvalue weighted by molar-refractivity contribution is 6.48. The van der Waals surface area contributed by atoms with E-state index in [1.54, 1.807) is 53.7 Å². The van der Waals surface area contributed by atoms with Gasteiger partial charge in [-0.05, 0) is 124 Å². The zero-order chi connectivity index (χ0) is 41.6. The molecule has 5 fully saturated rings. The quantitative estimate of drug-likeness (QED) is 0.157. The molecule has 3 N–H and O–H groups in total. The molecular formula is C41H65BN4O10. The summed E-state index contributed by atoms with van der Waals surface area (Å²) in [6, 6.07) is 4.27. The number of alkyl carbamates (subject to hydrolysis) is 2. The van der Waals surface area contributed by atoms with Gasteiger partial charge in [-0.25, -0.2) is 14.4 Å². The Hall–Kier alpha value is -3.56. The second-order valence-corrected chi connectivity index (χ2v) is 19.7. The van der Waals surface area contributed by atoms with Crippen LogP contribution in [0.4, 0.5) is 9.59 Å². The fourth-order valence-corrected chi connectivity index (χ4v) is 8.86. The monoisotopic (exact) mass is 784 g/mol. The van der Waals surface area contributed by atoms with Gasteiger partial charge < -0.3 is 44.2 Å². The predicted molar refractivity (Wildman–Crippen MR) is 211 cm³/mol. The van der Waals surface area contributed by atoms with Crippen LogP contribution < -0.4 is 20.7 Å². The summed E-state index contributed by atoms with van der Waals surface area (Å²) in [5.74, 6) is -0.207. The number of piperidine rings is 1. The van der Waals surface area contributed by atoms with Gasteiger partial charge in [-0.15, -0.1) is 0 Å². The summed E-state index contributed by atoms with van der Waals surface area (Å²) < 4.78 is 36.1. The number of benzene rings is 1. The summed E-state index contributed by atoms with van der Waals surface area (Å²) in [5.41, 5.74) is -1.55. The Morgan fingerprint density at radius 2 is 1.50 bits per heavy atom. The van der Waals surface area contributed by atoms with Crippen molar-refractivity contribution >= 4 is 31.2 Å². The van der Waals surface area contributed by atoms with Gasteiger partial charge in [0, 0.05) is 13.1 Å². The van der Waals surface area contributed by atoms with Crippen LogP contribution >= 0.6 is 0 Å².